The van der Waals surface area contributed by atoms with Gasteiger partial charge in [-0.25, -0.2) is 4.79 Å². The first kappa shape index (κ1) is 13.1. The third-order valence-electron chi connectivity index (χ3n) is 1.86. The predicted molar refractivity (Wildman–Crippen MR) is 61.3 cm³/mol. The number of carbonyl (C=O) groups is 1. The number of ether oxygens (including phenoxy) is 1. The highest BCUT2D eigenvalue weighted by atomic mass is 17.2. The molecule has 0 amide bonds. The van der Waals surface area contributed by atoms with Crippen LogP contribution < -0.4 is 9.62 Å². The average Bonchev–Trinajstić information content (AvgIpc) is 2.28. The van der Waals surface area contributed by atoms with E-state index in [0.29, 0.717) is 11.5 Å². The Morgan fingerprint density at radius 3 is 2.65 bits per heavy atom. The van der Waals surface area contributed by atoms with E-state index >= 15 is 0 Å². The molecule has 1 rings (SSSR count). The third kappa shape index (κ3) is 3.81. The van der Waals surface area contributed by atoms with Crippen LogP contribution in [0.4, 0.5) is 0 Å². The summed E-state index contributed by atoms with van der Waals surface area (Å²) in [6.07, 6.45) is 0. The van der Waals surface area contributed by atoms with Gasteiger partial charge >= 0.3 is 5.97 Å². The Bertz CT molecular complexity index is 425. The maximum atomic E-state index is 10.7. The minimum Gasteiger partial charge on any atom is -0.493 e. The van der Waals surface area contributed by atoms with Crippen LogP contribution in [0, 0.1) is 0 Å². The molecule has 1 N–H and O–H groups in total. The second-order valence-electron chi connectivity index (χ2n) is 3.47. The fourth-order valence-corrected chi connectivity index (χ4v) is 1.06. The van der Waals surface area contributed by atoms with E-state index < -0.39 is 5.97 Å². The second-order valence-corrected chi connectivity index (χ2v) is 3.47. The van der Waals surface area contributed by atoms with Gasteiger partial charge in [-0.15, -0.1) is 0 Å². The van der Waals surface area contributed by atoms with Crippen molar-refractivity contribution in [1.29, 1.82) is 0 Å². The molecule has 1 aromatic rings. The highest BCUT2D eigenvalue weighted by Crippen LogP contribution is 2.28. The third-order valence-corrected chi connectivity index (χ3v) is 1.86. The molecule has 0 spiro atoms. The van der Waals surface area contributed by atoms with Crippen LogP contribution >= 0.6 is 0 Å². The van der Waals surface area contributed by atoms with Gasteiger partial charge in [-0.3, -0.25) is 0 Å². The van der Waals surface area contributed by atoms with Gasteiger partial charge in [0, 0.05) is 0 Å². The number of carboxylic acid groups (broad SMARTS) is 1. The van der Waals surface area contributed by atoms with Crippen LogP contribution in [-0.2, 0) is 4.89 Å². The summed E-state index contributed by atoms with van der Waals surface area (Å²) < 4.78 is 5.00. The summed E-state index contributed by atoms with van der Waals surface area (Å²) in [4.78, 5) is 20.6. The molecule has 5 heteroatoms. The van der Waals surface area contributed by atoms with E-state index in [1.807, 2.05) is 0 Å². The molecule has 5 nitrogen and oxygen atoms in total. The molecule has 0 unspecified atom stereocenters. The topological polar surface area (TPSA) is 65.0 Å². The zero-order valence-electron chi connectivity index (χ0n) is 9.73. The molecule has 0 aliphatic carbocycles. The zero-order chi connectivity index (χ0) is 12.8. The Hall–Kier alpha value is -2.01. The molecule has 0 saturated carbocycles. The number of carboxylic acids is 1. The zero-order valence-corrected chi connectivity index (χ0v) is 9.73. The molecule has 0 atom stereocenters. The number of aromatic carboxylic acids is 1. The molecule has 0 aliphatic heterocycles. The number of methoxy groups -OCH3 is 1. The molecule has 17 heavy (non-hydrogen) atoms. The van der Waals surface area contributed by atoms with Crippen LogP contribution in [0.3, 0.4) is 0 Å². The first-order valence-electron chi connectivity index (χ1n) is 4.89. The van der Waals surface area contributed by atoms with Crippen molar-refractivity contribution in [3.8, 4) is 11.5 Å². The SMILES string of the molecule is C=C(C)COOc1ccc(C(=O)O)cc1OC. The van der Waals surface area contributed by atoms with Crippen LogP contribution in [0.1, 0.15) is 17.3 Å². The van der Waals surface area contributed by atoms with Crippen LogP contribution in [0.2, 0.25) is 0 Å². The molecule has 0 bridgehead atoms. The fraction of sp³-hybridized carbons (Fsp3) is 0.250. The lowest BCUT2D eigenvalue weighted by Gasteiger charge is -2.09. The number of benzene rings is 1. The summed E-state index contributed by atoms with van der Waals surface area (Å²) in [6, 6.07) is 4.24. The fourth-order valence-electron chi connectivity index (χ4n) is 1.06. The lowest BCUT2D eigenvalue weighted by molar-refractivity contribution is -0.198. The molecular weight excluding hydrogens is 224 g/mol. The summed E-state index contributed by atoms with van der Waals surface area (Å²) in [6.45, 7) is 5.71. The average molecular weight is 238 g/mol. The Balaban J connectivity index is 2.78. The standard InChI is InChI=1S/C12H14O5/c1-8(2)7-16-17-10-5-4-9(12(13)14)6-11(10)15-3/h4-6H,1,7H2,2-3H3,(H,13,14). The number of hydrogen-bond acceptors (Lipinski definition) is 4. The molecule has 92 valence electrons. The molecule has 1 aromatic carbocycles. The quantitative estimate of drug-likeness (QED) is 0.468. The van der Waals surface area contributed by atoms with Crippen molar-refractivity contribution < 1.29 is 24.4 Å². The maximum Gasteiger partial charge on any atom is 0.335 e. The molecule has 0 fully saturated rings. The van der Waals surface area contributed by atoms with Gasteiger partial charge in [-0.05, 0) is 25.1 Å². The van der Waals surface area contributed by atoms with Gasteiger partial charge in [0.05, 0.1) is 12.7 Å². The van der Waals surface area contributed by atoms with Gasteiger partial charge in [-0.1, -0.05) is 12.2 Å². The lowest BCUT2D eigenvalue weighted by Crippen LogP contribution is -2.03. The summed E-state index contributed by atoms with van der Waals surface area (Å²) in [5, 5.41) is 8.81. The van der Waals surface area contributed by atoms with Crippen molar-refractivity contribution in [3.05, 3.63) is 35.9 Å². The van der Waals surface area contributed by atoms with Crippen molar-refractivity contribution in [2.45, 2.75) is 6.92 Å². The summed E-state index contributed by atoms with van der Waals surface area (Å²) in [5.41, 5.74) is 0.931. The molecule has 0 saturated heterocycles. The maximum absolute atomic E-state index is 10.7. The van der Waals surface area contributed by atoms with Gasteiger partial charge in [0.15, 0.2) is 5.75 Å². The first-order chi connectivity index (χ1) is 8.04. The van der Waals surface area contributed by atoms with Crippen molar-refractivity contribution in [1.82, 2.24) is 0 Å². The predicted octanol–water partition coefficient (Wildman–Crippen LogP) is 2.28. The first-order valence-corrected chi connectivity index (χ1v) is 4.89. The van der Waals surface area contributed by atoms with Crippen molar-refractivity contribution in [2.24, 2.45) is 0 Å². The van der Waals surface area contributed by atoms with Gasteiger partial charge in [0.25, 0.3) is 0 Å². The van der Waals surface area contributed by atoms with E-state index in [2.05, 4.69) is 6.58 Å². The van der Waals surface area contributed by atoms with Crippen LogP contribution in [0.15, 0.2) is 30.4 Å². The van der Waals surface area contributed by atoms with E-state index in [1.165, 1.54) is 25.3 Å². The Morgan fingerprint density at radius 2 is 2.12 bits per heavy atom. The molecule has 0 heterocycles. The minimum absolute atomic E-state index is 0.120. The largest absolute Gasteiger partial charge is 0.493 e. The van der Waals surface area contributed by atoms with E-state index in [9.17, 15) is 4.79 Å². The number of hydrogen-bond donors (Lipinski definition) is 1. The van der Waals surface area contributed by atoms with Gasteiger partial charge < -0.3 is 14.7 Å². The van der Waals surface area contributed by atoms with Crippen molar-refractivity contribution in [2.75, 3.05) is 13.7 Å². The van der Waals surface area contributed by atoms with Crippen LogP contribution in [-0.4, -0.2) is 24.8 Å². The second kappa shape index (κ2) is 5.91. The molecule has 0 aliphatic rings. The van der Waals surface area contributed by atoms with Crippen molar-refractivity contribution >= 4 is 5.97 Å². The summed E-state index contributed by atoms with van der Waals surface area (Å²) >= 11 is 0. The van der Waals surface area contributed by atoms with E-state index in [4.69, 9.17) is 19.6 Å². The molecular formula is C12H14O5. The van der Waals surface area contributed by atoms with Gasteiger partial charge in [0.2, 0.25) is 5.75 Å². The Labute approximate surface area is 99.2 Å². The Kier molecular flexibility index (Phi) is 4.54. The van der Waals surface area contributed by atoms with Gasteiger partial charge in [-0.2, -0.15) is 4.89 Å². The Morgan fingerprint density at radius 1 is 1.41 bits per heavy atom. The number of rotatable bonds is 6. The molecule has 0 aromatic heterocycles. The van der Waals surface area contributed by atoms with E-state index in [-0.39, 0.29) is 12.2 Å². The summed E-state index contributed by atoms with van der Waals surface area (Å²) in [7, 11) is 1.42. The monoisotopic (exact) mass is 238 g/mol. The minimum atomic E-state index is -1.03. The lowest BCUT2D eigenvalue weighted by atomic mass is 10.2. The molecule has 0 radical (unpaired) electrons. The highest BCUT2D eigenvalue weighted by molar-refractivity contribution is 5.88. The highest BCUT2D eigenvalue weighted by Gasteiger charge is 2.10. The van der Waals surface area contributed by atoms with Gasteiger partial charge in [0.1, 0.15) is 6.61 Å². The normalized spacial score (nSPS) is 9.76. The van der Waals surface area contributed by atoms with Crippen LogP contribution in [0.25, 0.3) is 0 Å². The van der Waals surface area contributed by atoms with E-state index in [1.54, 1.807) is 6.92 Å². The van der Waals surface area contributed by atoms with Crippen molar-refractivity contribution in [3.63, 3.8) is 0 Å². The summed E-state index contributed by atoms with van der Waals surface area (Å²) in [5.74, 6) is -0.414. The smallest absolute Gasteiger partial charge is 0.335 e. The van der Waals surface area contributed by atoms with E-state index in [0.717, 1.165) is 5.57 Å². The van der Waals surface area contributed by atoms with Crippen LogP contribution in [0.5, 0.6) is 11.5 Å².